The van der Waals surface area contributed by atoms with E-state index in [0.29, 0.717) is 19.3 Å². The molecule has 1 saturated heterocycles. The highest BCUT2D eigenvalue weighted by molar-refractivity contribution is 5.84. The van der Waals surface area contributed by atoms with Crippen molar-refractivity contribution in [1.82, 2.24) is 4.90 Å². The fraction of sp³-hybridized carbons (Fsp3) is 0.909. The van der Waals surface area contributed by atoms with Crippen molar-refractivity contribution >= 4 is 5.91 Å². The van der Waals surface area contributed by atoms with Crippen molar-refractivity contribution in [3.8, 4) is 0 Å². The summed E-state index contributed by atoms with van der Waals surface area (Å²) in [7, 11) is 0. The summed E-state index contributed by atoms with van der Waals surface area (Å²) in [5.41, 5.74) is 5.45. The van der Waals surface area contributed by atoms with Gasteiger partial charge in [-0.2, -0.15) is 0 Å². The van der Waals surface area contributed by atoms with Crippen LogP contribution in [0.2, 0.25) is 0 Å². The van der Waals surface area contributed by atoms with E-state index in [1.54, 1.807) is 0 Å². The smallest absolute Gasteiger partial charge is 0.232 e. The van der Waals surface area contributed by atoms with Crippen LogP contribution in [-0.2, 0) is 9.53 Å². The van der Waals surface area contributed by atoms with E-state index in [2.05, 4.69) is 0 Å². The molecule has 2 N–H and O–H groups in total. The molecule has 0 spiro atoms. The maximum atomic E-state index is 12.4. The number of nitrogens with two attached hydrogens (primary N) is 1. The van der Waals surface area contributed by atoms with Gasteiger partial charge in [0, 0.05) is 18.6 Å². The van der Waals surface area contributed by atoms with Gasteiger partial charge in [-0.15, -0.1) is 0 Å². The van der Waals surface area contributed by atoms with Crippen molar-refractivity contribution < 1.29 is 9.53 Å². The van der Waals surface area contributed by atoms with Gasteiger partial charge < -0.3 is 15.4 Å². The molecule has 4 nitrogen and oxygen atoms in total. The minimum absolute atomic E-state index is 0.155. The van der Waals surface area contributed by atoms with E-state index in [0.717, 1.165) is 19.4 Å². The van der Waals surface area contributed by atoms with Crippen LogP contribution in [0.1, 0.15) is 26.7 Å². The van der Waals surface area contributed by atoms with Crippen molar-refractivity contribution in [3.63, 3.8) is 0 Å². The van der Waals surface area contributed by atoms with Crippen LogP contribution in [-0.4, -0.2) is 42.6 Å². The fourth-order valence-electron chi connectivity index (χ4n) is 2.19. The number of rotatable bonds is 3. The zero-order valence-electron chi connectivity index (χ0n) is 9.53. The topological polar surface area (TPSA) is 55.6 Å². The number of carbonyl (C=O) groups is 1. The lowest BCUT2D eigenvalue weighted by molar-refractivity contribution is -0.142. The number of amides is 1. The molecule has 1 amide bonds. The Balaban J connectivity index is 2.10. The Bertz CT molecular complexity index is 265. The van der Waals surface area contributed by atoms with Gasteiger partial charge in [-0.05, 0) is 26.7 Å². The molecule has 0 aromatic carbocycles. The number of nitrogens with zero attached hydrogens (tertiary/aromatic N) is 1. The Hall–Kier alpha value is -0.610. The Morgan fingerprint density at radius 3 is 2.67 bits per heavy atom. The number of hydrogen-bond donors (Lipinski definition) is 1. The molecule has 0 radical (unpaired) electrons. The lowest BCUT2D eigenvalue weighted by Gasteiger charge is -2.32. The van der Waals surface area contributed by atoms with Gasteiger partial charge >= 0.3 is 0 Å². The lowest BCUT2D eigenvalue weighted by atomic mass is 9.84. The summed E-state index contributed by atoms with van der Waals surface area (Å²) >= 11 is 0. The van der Waals surface area contributed by atoms with E-state index >= 15 is 0 Å². The van der Waals surface area contributed by atoms with Crippen molar-refractivity contribution in [2.45, 2.75) is 38.8 Å². The number of ether oxygens (including phenoxy) is 1. The van der Waals surface area contributed by atoms with Gasteiger partial charge in [-0.1, -0.05) is 0 Å². The lowest BCUT2D eigenvalue weighted by Crippen LogP contribution is -2.52. The van der Waals surface area contributed by atoms with Gasteiger partial charge in [0.25, 0.3) is 0 Å². The third-order valence-electron chi connectivity index (χ3n) is 3.60. The molecule has 1 aliphatic heterocycles. The highest BCUT2D eigenvalue weighted by atomic mass is 16.5. The molecule has 0 bridgehead atoms. The average molecular weight is 212 g/mol. The van der Waals surface area contributed by atoms with E-state index in [9.17, 15) is 4.79 Å². The first kappa shape index (κ1) is 10.9. The largest absolute Gasteiger partial charge is 0.379 e. The summed E-state index contributed by atoms with van der Waals surface area (Å²) in [6.07, 6.45) is 2.29. The standard InChI is InChI=1S/C11H20N2O2/c1-3-13(8-4-5-8)10(14)11(2)7-15-6-9(11)12/h8-9H,3-7,12H2,1-2H3. The maximum absolute atomic E-state index is 12.4. The Kier molecular flexibility index (Phi) is 2.73. The first-order valence-corrected chi connectivity index (χ1v) is 5.74. The van der Waals surface area contributed by atoms with Gasteiger partial charge in [-0.3, -0.25) is 4.79 Å². The molecule has 2 unspecified atom stereocenters. The van der Waals surface area contributed by atoms with Gasteiger partial charge in [-0.25, -0.2) is 0 Å². The van der Waals surface area contributed by atoms with Crippen molar-refractivity contribution in [2.24, 2.45) is 11.1 Å². The van der Waals surface area contributed by atoms with Crippen molar-refractivity contribution in [3.05, 3.63) is 0 Å². The normalized spacial score (nSPS) is 35.5. The minimum atomic E-state index is -0.501. The summed E-state index contributed by atoms with van der Waals surface area (Å²) < 4.78 is 5.32. The predicted octanol–water partition coefficient (Wildman–Crippen LogP) is 0.361. The number of carbonyl (C=O) groups excluding carboxylic acids is 1. The molecular weight excluding hydrogens is 192 g/mol. The van der Waals surface area contributed by atoms with Crippen molar-refractivity contribution in [2.75, 3.05) is 19.8 Å². The molecule has 4 heteroatoms. The second-order valence-corrected chi connectivity index (χ2v) is 4.86. The maximum Gasteiger partial charge on any atom is 0.232 e. The Morgan fingerprint density at radius 2 is 2.27 bits per heavy atom. The molecule has 2 aliphatic rings. The second-order valence-electron chi connectivity index (χ2n) is 4.86. The van der Waals surface area contributed by atoms with Crippen LogP contribution in [0.5, 0.6) is 0 Å². The van der Waals surface area contributed by atoms with E-state index in [1.807, 2.05) is 18.7 Å². The van der Waals surface area contributed by atoms with Gasteiger partial charge in [0.05, 0.1) is 18.6 Å². The molecule has 1 saturated carbocycles. The highest BCUT2D eigenvalue weighted by Crippen LogP contribution is 2.34. The molecule has 1 aliphatic carbocycles. The molecule has 0 aromatic heterocycles. The van der Waals surface area contributed by atoms with Crippen LogP contribution in [0.15, 0.2) is 0 Å². The summed E-state index contributed by atoms with van der Waals surface area (Å²) in [4.78, 5) is 14.3. The molecule has 2 fully saturated rings. The van der Waals surface area contributed by atoms with Crippen LogP contribution in [0.25, 0.3) is 0 Å². The van der Waals surface area contributed by atoms with E-state index in [4.69, 9.17) is 10.5 Å². The van der Waals surface area contributed by atoms with Crippen LogP contribution in [0, 0.1) is 5.41 Å². The minimum Gasteiger partial charge on any atom is -0.379 e. The first-order valence-electron chi connectivity index (χ1n) is 5.74. The van der Waals surface area contributed by atoms with E-state index in [1.165, 1.54) is 0 Å². The zero-order valence-corrected chi connectivity index (χ0v) is 9.53. The molecule has 2 atom stereocenters. The third-order valence-corrected chi connectivity index (χ3v) is 3.60. The van der Waals surface area contributed by atoms with E-state index < -0.39 is 5.41 Å². The zero-order chi connectivity index (χ0) is 11.1. The van der Waals surface area contributed by atoms with Crippen LogP contribution >= 0.6 is 0 Å². The van der Waals surface area contributed by atoms with Crippen LogP contribution in [0.3, 0.4) is 0 Å². The van der Waals surface area contributed by atoms with Crippen LogP contribution < -0.4 is 5.73 Å². The molecule has 2 rings (SSSR count). The first-order chi connectivity index (χ1) is 7.09. The second kappa shape index (κ2) is 3.76. The van der Waals surface area contributed by atoms with Gasteiger partial charge in [0.2, 0.25) is 5.91 Å². The monoisotopic (exact) mass is 212 g/mol. The summed E-state index contributed by atoms with van der Waals surface area (Å²) in [5, 5.41) is 0. The summed E-state index contributed by atoms with van der Waals surface area (Å²) in [6, 6.07) is 0.310. The molecule has 15 heavy (non-hydrogen) atoms. The fourth-order valence-corrected chi connectivity index (χ4v) is 2.19. The molecular formula is C11H20N2O2. The Labute approximate surface area is 90.8 Å². The quantitative estimate of drug-likeness (QED) is 0.735. The third kappa shape index (κ3) is 1.76. The molecule has 86 valence electrons. The highest BCUT2D eigenvalue weighted by Gasteiger charge is 2.48. The summed E-state index contributed by atoms with van der Waals surface area (Å²) in [5.74, 6) is 0.178. The van der Waals surface area contributed by atoms with Gasteiger partial charge in [0.15, 0.2) is 0 Å². The predicted molar refractivity (Wildman–Crippen MR) is 57.3 cm³/mol. The molecule has 0 aromatic rings. The molecule has 1 heterocycles. The van der Waals surface area contributed by atoms with Crippen molar-refractivity contribution in [1.29, 1.82) is 0 Å². The van der Waals surface area contributed by atoms with E-state index in [-0.39, 0.29) is 11.9 Å². The average Bonchev–Trinajstić information content (AvgIpc) is 2.97. The van der Waals surface area contributed by atoms with Crippen LogP contribution in [0.4, 0.5) is 0 Å². The Morgan fingerprint density at radius 1 is 1.60 bits per heavy atom. The van der Waals surface area contributed by atoms with Gasteiger partial charge in [0.1, 0.15) is 0 Å². The summed E-state index contributed by atoms with van der Waals surface area (Å²) in [6.45, 7) is 5.71. The SMILES string of the molecule is CCN(C(=O)C1(C)COCC1N)C1CC1. The number of hydrogen-bond acceptors (Lipinski definition) is 3.